The SMILES string of the molecule is O=C([O-])c1ccc(NC/C=C/c2ccccc2)cc1. The minimum atomic E-state index is -1.16. The molecule has 0 saturated heterocycles. The zero-order chi connectivity index (χ0) is 13.5. The van der Waals surface area contributed by atoms with E-state index < -0.39 is 5.97 Å². The summed E-state index contributed by atoms with van der Waals surface area (Å²) in [7, 11) is 0. The van der Waals surface area contributed by atoms with Crippen LogP contribution in [0.1, 0.15) is 15.9 Å². The van der Waals surface area contributed by atoms with Gasteiger partial charge in [-0.2, -0.15) is 0 Å². The van der Waals surface area contributed by atoms with Crippen LogP contribution in [0.5, 0.6) is 0 Å². The Morgan fingerprint density at radius 3 is 2.37 bits per heavy atom. The average Bonchev–Trinajstić information content (AvgIpc) is 2.45. The fourth-order valence-corrected chi connectivity index (χ4v) is 1.66. The molecular weight excluding hydrogens is 238 g/mol. The molecule has 0 aliphatic carbocycles. The van der Waals surface area contributed by atoms with Crippen molar-refractivity contribution in [2.24, 2.45) is 0 Å². The van der Waals surface area contributed by atoms with E-state index in [-0.39, 0.29) is 5.56 Å². The fraction of sp³-hybridized carbons (Fsp3) is 0.0625. The fourth-order valence-electron chi connectivity index (χ4n) is 1.66. The normalized spacial score (nSPS) is 10.5. The third kappa shape index (κ3) is 4.00. The molecule has 0 unspecified atom stereocenters. The maximum atomic E-state index is 10.6. The Hall–Kier alpha value is -2.55. The van der Waals surface area contributed by atoms with Crippen molar-refractivity contribution in [3.05, 3.63) is 71.8 Å². The van der Waals surface area contributed by atoms with Gasteiger partial charge in [0.15, 0.2) is 0 Å². The van der Waals surface area contributed by atoms with E-state index in [1.165, 1.54) is 12.1 Å². The van der Waals surface area contributed by atoms with Gasteiger partial charge in [-0.15, -0.1) is 0 Å². The van der Waals surface area contributed by atoms with Gasteiger partial charge in [-0.05, 0) is 23.3 Å². The molecule has 0 aliphatic rings. The lowest BCUT2D eigenvalue weighted by Gasteiger charge is -2.05. The van der Waals surface area contributed by atoms with Crippen molar-refractivity contribution in [2.75, 3.05) is 11.9 Å². The number of carbonyl (C=O) groups excluding carboxylic acids is 1. The molecule has 0 spiro atoms. The Morgan fingerprint density at radius 2 is 1.74 bits per heavy atom. The number of hydrogen-bond acceptors (Lipinski definition) is 3. The number of carbonyl (C=O) groups is 1. The first-order valence-electron chi connectivity index (χ1n) is 6.02. The van der Waals surface area contributed by atoms with Crippen molar-refractivity contribution in [1.82, 2.24) is 0 Å². The Labute approximate surface area is 112 Å². The zero-order valence-electron chi connectivity index (χ0n) is 10.4. The quantitative estimate of drug-likeness (QED) is 0.887. The third-order valence-electron chi connectivity index (χ3n) is 2.65. The smallest absolute Gasteiger partial charge is 0.0715 e. The van der Waals surface area contributed by atoms with Crippen LogP contribution in [0.3, 0.4) is 0 Å². The lowest BCUT2D eigenvalue weighted by molar-refractivity contribution is -0.255. The molecule has 2 aromatic rings. The monoisotopic (exact) mass is 252 g/mol. The molecule has 0 amide bonds. The van der Waals surface area contributed by atoms with E-state index in [1.54, 1.807) is 12.1 Å². The van der Waals surface area contributed by atoms with Gasteiger partial charge in [0.25, 0.3) is 0 Å². The Kier molecular flexibility index (Phi) is 4.34. The van der Waals surface area contributed by atoms with Gasteiger partial charge < -0.3 is 15.2 Å². The number of nitrogens with one attached hydrogen (secondary N) is 1. The molecule has 0 bridgehead atoms. The highest BCUT2D eigenvalue weighted by Crippen LogP contribution is 2.09. The summed E-state index contributed by atoms with van der Waals surface area (Å²) in [5.41, 5.74) is 2.21. The highest BCUT2D eigenvalue weighted by atomic mass is 16.4. The number of carboxylic acids is 1. The molecule has 2 rings (SSSR count). The van der Waals surface area contributed by atoms with Crippen LogP contribution < -0.4 is 10.4 Å². The van der Waals surface area contributed by atoms with Gasteiger partial charge in [0.05, 0.1) is 5.97 Å². The molecule has 96 valence electrons. The average molecular weight is 252 g/mol. The molecule has 0 saturated carbocycles. The number of carboxylic acid groups (broad SMARTS) is 1. The molecule has 0 radical (unpaired) electrons. The van der Waals surface area contributed by atoms with E-state index in [2.05, 4.69) is 5.32 Å². The Balaban J connectivity index is 1.86. The molecule has 3 heteroatoms. The van der Waals surface area contributed by atoms with Crippen molar-refractivity contribution in [3.8, 4) is 0 Å². The molecule has 0 atom stereocenters. The van der Waals surface area contributed by atoms with Gasteiger partial charge in [0, 0.05) is 12.2 Å². The summed E-state index contributed by atoms with van der Waals surface area (Å²) < 4.78 is 0. The lowest BCUT2D eigenvalue weighted by Crippen LogP contribution is -2.21. The second-order valence-corrected chi connectivity index (χ2v) is 4.06. The minimum absolute atomic E-state index is 0.186. The van der Waals surface area contributed by atoms with Crippen LogP contribution in [0, 0.1) is 0 Å². The Bertz CT molecular complexity index is 559. The van der Waals surface area contributed by atoms with Crippen LogP contribution >= 0.6 is 0 Å². The van der Waals surface area contributed by atoms with E-state index in [9.17, 15) is 9.90 Å². The number of aromatic carboxylic acids is 1. The predicted molar refractivity (Wildman–Crippen MR) is 74.7 cm³/mol. The van der Waals surface area contributed by atoms with E-state index in [0.29, 0.717) is 6.54 Å². The number of anilines is 1. The summed E-state index contributed by atoms with van der Waals surface area (Å²) in [6.45, 7) is 0.680. The maximum Gasteiger partial charge on any atom is 0.0715 e. The van der Waals surface area contributed by atoms with E-state index in [0.717, 1.165) is 11.3 Å². The van der Waals surface area contributed by atoms with Gasteiger partial charge in [0.1, 0.15) is 0 Å². The molecule has 19 heavy (non-hydrogen) atoms. The number of hydrogen-bond donors (Lipinski definition) is 1. The number of rotatable bonds is 5. The van der Waals surface area contributed by atoms with Crippen LogP contribution in [0.2, 0.25) is 0 Å². The summed E-state index contributed by atoms with van der Waals surface area (Å²) in [5, 5.41) is 13.8. The topological polar surface area (TPSA) is 52.2 Å². The van der Waals surface area contributed by atoms with Crippen molar-refractivity contribution in [2.45, 2.75) is 0 Å². The molecule has 0 aliphatic heterocycles. The van der Waals surface area contributed by atoms with Gasteiger partial charge >= 0.3 is 0 Å². The molecule has 2 aromatic carbocycles. The first-order valence-corrected chi connectivity index (χ1v) is 6.02. The van der Waals surface area contributed by atoms with Gasteiger partial charge in [-0.3, -0.25) is 0 Å². The van der Waals surface area contributed by atoms with Gasteiger partial charge in [0.2, 0.25) is 0 Å². The van der Waals surface area contributed by atoms with Crippen LogP contribution in [0.15, 0.2) is 60.7 Å². The predicted octanol–water partition coefficient (Wildman–Crippen LogP) is 2.18. The van der Waals surface area contributed by atoms with Crippen LogP contribution in [-0.2, 0) is 0 Å². The summed E-state index contributed by atoms with van der Waals surface area (Å²) >= 11 is 0. The van der Waals surface area contributed by atoms with Crippen molar-refractivity contribution >= 4 is 17.7 Å². The summed E-state index contributed by atoms with van der Waals surface area (Å²) in [5.74, 6) is -1.16. The molecule has 0 fully saturated rings. The van der Waals surface area contributed by atoms with Crippen LogP contribution in [-0.4, -0.2) is 12.5 Å². The molecule has 3 nitrogen and oxygen atoms in total. The zero-order valence-corrected chi connectivity index (χ0v) is 10.4. The van der Waals surface area contributed by atoms with Crippen molar-refractivity contribution in [3.63, 3.8) is 0 Å². The second kappa shape index (κ2) is 6.40. The van der Waals surface area contributed by atoms with Gasteiger partial charge in [-0.25, -0.2) is 0 Å². The van der Waals surface area contributed by atoms with Gasteiger partial charge in [-0.1, -0.05) is 54.6 Å². The van der Waals surface area contributed by atoms with E-state index in [1.807, 2.05) is 42.5 Å². The molecular formula is C16H14NO2-. The minimum Gasteiger partial charge on any atom is -0.545 e. The standard InChI is InChI=1S/C16H15NO2/c18-16(19)14-8-10-15(11-9-14)17-12-4-7-13-5-2-1-3-6-13/h1-11,17H,12H2,(H,18,19)/p-1/b7-4+. The van der Waals surface area contributed by atoms with E-state index >= 15 is 0 Å². The Morgan fingerprint density at radius 1 is 1.05 bits per heavy atom. The van der Waals surface area contributed by atoms with E-state index in [4.69, 9.17) is 0 Å². The van der Waals surface area contributed by atoms with Crippen LogP contribution in [0.25, 0.3) is 6.08 Å². The summed E-state index contributed by atoms with van der Waals surface area (Å²) in [6, 6.07) is 16.5. The largest absolute Gasteiger partial charge is 0.545 e. The first kappa shape index (κ1) is 12.9. The highest BCUT2D eigenvalue weighted by molar-refractivity contribution is 5.86. The third-order valence-corrected chi connectivity index (χ3v) is 2.65. The first-order chi connectivity index (χ1) is 9.25. The maximum absolute atomic E-state index is 10.6. The second-order valence-electron chi connectivity index (χ2n) is 4.06. The summed E-state index contributed by atoms with van der Waals surface area (Å²) in [6.07, 6.45) is 4.05. The summed E-state index contributed by atoms with van der Waals surface area (Å²) in [4.78, 5) is 10.6. The molecule has 0 aromatic heterocycles. The number of benzene rings is 2. The highest BCUT2D eigenvalue weighted by Gasteiger charge is 1.93. The lowest BCUT2D eigenvalue weighted by atomic mass is 10.2. The van der Waals surface area contributed by atoms with Crippen LogP contribution in [0.4, 0.5) is 5.69 Å². The molecule has 1 N–H and O–H groups in total. The van der Waals surface area contributed by atoms with Crippen molar-refractivity contribution < 1.29 is 9.90 Å². The van der Waals surface area contributed by atoms with Crippen molar-refractivity contribution in [1.29, 1.82) is 0 Å². The molecule has 0 heterocycles.